The lowest BCUT2D eigenvalue weighted by atomic mass is 9.99. The number of rotatable bonds is 5. The molecule has 6 aromatic carbocycles. The molecule has 0 radical (unpaired) electrons. The molecule has 8 aromatic rings. The molecule has 0 aliphatic heterocycles. The van der Waals surface area contributed by atoms with Gasteiger partial charge in [0.2, 0.25) is 0 Å². The summed E-state index contributed by atoms with van der Waals surface area (Å²) in [5.41, 5.74) is 8.91. The third-order valence-corrected chi connectivity index (χ3v) is 9.10. The van der Waals surface area contributed by atoms with Crippen LogP contribution in [0, 0.1) is 6.92 Å². The second kappa shape index (κ2) is 11.0. The van der Waals surface area contributed by atoms with Crippen molar-refractivity contribution < 1.29 is 0 Å². The Hall–Kier alpha value is -5.45. The van der Waals surface area contributed by atoms with Crippen LogP contribution in [0.1, 0.15) is 5.56 Å². The van der Waals surface area contributed by atoms with E-state index in [1.165, 1.54) is 42.4 Å². The number of aryl methyl sites for hydroxylation is 1. The quantitative estimate of drug-likeness (QED) is 0.203. The van der Waals surface area contributed by atoms with Gasteiger partial charge < -0.3 is 0 Å². The fourth-order valence-corrected chi connectivity index (χ4v) is 7.01. The van der Waals surface area contributed by atoms with E-state index in [2.05, 4.69) is 122 Å². The molecular formula is C40H27N3S. The van der Waals surface area contributed by atoms with Crippen molar-refractivity contribution >= 4 is 31.5 Å². The molecule has 0 atom stereocenters. The molecule has 3 nitrogen and oxygen atoms in total. The lowest BCUT2D eigenvalue weighted by Crippen LogP contribution is -2.00. The minimum absolute atomic E-state index is 0.658. The molecule has 0 fully saturated rings. The fraction of sp³-hybridized carbons (Fsp3) is 0.0250. The van der Waals surface area contributed by atoms with Gasteiger partial charge in [0, 0.05) is 36.9 Å². The number of hydrogen-bond donors (Lipinski definition) is 0. The molecule has 0 spiro atoms. The van der Waals surface area contributed by atoms with Crippen LogP contribution in [0.25, 0.3) is 76.6 Å². The topological polar surface area (TPSA) is 38.7 Å². The van der Waals surface area contributed by atoms with E-state index in [1.54, 1.807) is 0 Å². The molecule has 208 valence electrons. The van der Waals surface area contributed by atoms with Gasteiger partial charge in [-0.05, 0) is 47.4 Å². The van der Waals surface area contributed by atoms with E-state index >= 15 is 0 Å². The molecule has 4 heteroatoms. The summed E-state index contributed by atoms with van der Waals surface area (Å²) < 4.78 is 2.48. The van der Waals surface area contributed by atoms with Crippen molar-refractivity contribution in [1.29, 1.82) is 0 Å². The summed E-state index contributed by atoms with van der Waals surface area (Å²) >= 11 is 1.81. The van der Waals surface area contributed by atoms with E-state index in [0.29, 0.717) is 17.5 Å². The van der Waals surface area contributed by atoms with Crippen LogP contribution in [0.5, 0.6) is 0 Å². The average molecular weight is 582 g/mol. The Balaban J connectivity index is 1.28. The average Bonchev–Trinajstić information content (AvgIpc) is 3.47. The van der Waals surface area contributed by atoms with Gasteiger partial charge in [0.15, 0.2) is 17.5 Å². The zero-order valence-electron chi connectivity index (χ0n) is 24.1. The summed E-state index contributed by atoms with van der Waals surface area (Å²) in [4.78, 5) is 15.0. The first-order valence-electron chi connectivity index (χ1n) is 14.7. The highest BCUT2D eigenvalue weighted by atomic mass is 32.1. The van der Waals surface area contributed by atoms with Crippen LogP contribution in [0.4, 0.5) is 0 Å². The van der Waals surface area contributed by atoms with Crippen molar-refractivity contribution in [2.24, 2.45) is 0 Å². The van der Waals surface area contributed by atoms with Gasteiger partial charge in [-0.25, -0.2) is 15.0 Å². The van der Waals surface area contributed by atoms with E-state index in [1.807, 2.05) is 41.7 Å². The van der Waals surface area contributed by atoms with E-state index < -0.39 is 0 Å². The predicted molar refractivity (Wildman–Crippen MR) is 185 cm³/mol. The maximum Gasteiger partial charge on any atom is 0.164 e. The van der Waals surface area contributed by atoms with Crippen LogP contribution in [0.3, 0.4) is 0 Å². The van der Waals surface area contributed by atoms with Crippen molar-refractivity contribution in [3.8, 4) is 56.4 Å². The Kier molecular flexibility index (Phi) is 6.55. The van der Waals surface area contributed by atoms with Gasteiger partial charge >= 0.3 is 0 Å². The molecular weight excluding hydrogens is 555 g/mol. The number of thiophene rings is 1. The molecule has 0 aliphatic rings. The second-order valence-corrected chi connectivity index (χ2v) is 12.1. The highest BCUT2D eigenvalue weighted by molar-refractivity contribution is 7.26. The Morgan fingerprint density at radius 2 is 0.977 bits per heavy atom. The number of hydrogen-bond acceptors (Lipinski definition) is 4. The summed E-state index contributed by atoms with van der Waals surface area (Å²) in [6, 6.07) is 50.9. The third kappa shape index (κ3) is 4.85. The van der Waals surface area contributed by atoms with Crippen LogP contribution in [-0.2, 0) is 0 Å². The largest absolute Gasteiger partial charge is 0.208 e. The summed E-state index contributed by atoms with van der Waals surface area (Å²) in [6.45, 7) is 2.12. The Morgan fingerprint density at radius 3 is 1.70 bits per heavy atom. The summed E-state index contributed by atoms with van der Waals surface area (Å²) in [6.07, 6.45) is 0. The molecule has 0 unspecified atom stereocenters. The molecule has 0 aliphatic carbocycles. The maximum atomic E-state index is 5.06. The van der Waals surface area contributed by atoms with Crippen molar-refractivity contribution in [2.75, 3.05) is 0 Å². The summed E-state index contributed by atoms with van der Waals surface area (Å²) in [5, 5.41) is 2.54. The predicted octanol–water partition coefficient (Wildman–Crippen LogP) is 10.9. The summed E-state index contributed by atoms with van der Waals surface area (Å²) in [5.74, 6) is 1.98. The highest BCUT2D eigenvalue weighted by Crippen LogP contribution is 2.41. The molecule has 44 heavy (non-hydrogen) atoms. The minimum atomic E-state index is 0.658. The second-order valence-electron chi connectivity index (χ2n) is 11.0. The fourth-order valence-electron chi connectivity index (χ4n) is 5.84. The standard InChI is InChI=1S/C40H27N3S/c1-26-11-8-16-29(23-26)30-17-9-18-31(24-30)39-41-38(28-14-6-3-7-15-28)42-40(43-39)32-21-22-34-36(25-32)44-35-20-10-19-33(37(34)35)27-12-4-2-5-13-27/h2-25H,1H3. The van der Waals surface area contributed by atoms with Gasteiger partial charge in [0.05, 0.1) is 0 Å². The van der Waals surface area contributed by atoms with Crippen molar-refractivity contribution in [2.45, 2.75) is 6.92 Å². The summed E-state index contributed by atoms with van der Waals surface area (Å²) in [7, 11) is 0. The number of nitrogens with zero attached hydrogens (tertiary/aromatic N) is 3. The highest BCUT2D eigenvalue weighted by Gasteiger charge is 2.16. The van der Waals surface area contributed by atoms with Crippen LogP contribution >= 0.6 is 11.3 Å². The van der Waals surface area contributed by atoms with Gasteiger partial charge in [-0.2, -0.15) is 0 Å². The van der Waals surface area contributed by atoms with E-state index in [9.17, 15) is 0 Å². The monoisotopic (exact) mass is 581 g/mol. The first kappa shape index (κ1) is 26.2. The minimum Gasteiger partial charge on any atom is -0.208 e. The maximum absolute atomic E-state index is 5.06. The van der Waals surface area contributed by atoms with Crippen LogP contribution in [0.2, 0.25) is 0 Å². The number of aromatic nitrogens is 3. The van der Waals surface area contributed by atoms with Gasteiger partial charge in [0.1, 0.15) is 0 Å². The molecule has 8 rings (SSSR count). The zero-order valence-corrected chi connectivity index (χ0v) is 24.9. The Bertz CT molecular complexity index is 2290. The molecule has 0 bridgehead atoms. The van der Waals surface area contributed by atoms with Crippen molar-refractivity contribution in [3.63, 3.8) is 0 Å². The Labute approximate surface area is 260 Å². The Morgan fingerprint density at radius 1 is 0.409 bits per heavy atom. The molecule has 2 aromatic heterocycles. The normalized spacial score (nSPS) is 11.3. The van der Waals surface area contributed by atoms with Gasteiger partial charge in [0.25, 0.3) is 0 Å². The van der Waals surface area contributed by atoms with Crippen LogP contribution < -0.4 is 0 Å². The first-order valence-corrected chi connectivity index (χ1v) is 15.5. The van der Waals surface area contributed by atoms with Crippen molar-refractivity contribution in [3.05, 3.63) is 151 Å². The van der Waals surface area contributed by atoms with Gasteiger partial charge in [-0.3, -0.25) is 0 Å². The molecule has 0 N–H and O–H groups in total. The van der Waals surface area contributed by atoms with E-state index in [0.717, 1.165) is 22.3 Å². The van der Waals surface area contributed by atoms with Crippen molar-refractivity contribution in [1.82, 2.24) is 15.0 Å². The number of fused-ring (bicyclic) bond motifs is 3. The number of benzene rings is 6. The van der Waals surface area contributed by atoms with E-state index in [-0.39, 0.29) is 0 Å². The van der Waals surface area contributed by atoms with Gasteiger partial charge in [-0.1, -0.05) is 133 Å². The molecule has 2 heterocycles. The lowest BCUT2D eigenvalue weighted by molar-refractivity contribution is 1.07. The van der Waals surface area contributed by atoms with Crippen LogP contribution in [0.15, 0.2) is 146 Å². The smallest absolute Gasteiger partial charge is 0.164 e. The van der Waals surface area contributed by atoms with Crippen LogP contribution in [-0.4, -0.2) is 15.0 Å². The lowest BCUT2D eigenvalue weighted by Gasteiger charge is -2.10. The molecule has 0 saturated carbocycles. The molecule has 0 amide bonds. The zero-order chi connectivity index (χ0) is 29.5. The SMILES string of the molecule is Cc1cccc(-c2cccc(-c3nc(-c4ccccc4)nc(-c4ccc5c(c4)sc4cccc(-c6ccccc6)c45)n3)c2)c1. The van der Waals surface area contributed by atoms with E-state index in [4.69, 9.17) is 15.0 Å². The first-order chi connectivity index (χ1) is 21.7. The third-order valence-electron chi connectivity index (χ3n) is 7.98. The molecule has 0 saturated heterocycles. The van der Waals surface area contributed by atoms with Gasteiger partial charge in [-0.15, -0.1) is 11.3 Å².